The van der Waals surface area contributed by atoms with E-state index in [0.717, 1.165) is 30.1 Å². The lowest BCUT2D eigenvalue weighted by Crippen LogP contribution is -2.41. The van der Waals surface area contributed by atoms with Gasteiger partial charge in [-0.25, -0.2) is 13.8 Å². The van der Waals surface area contributed by atoms with Gasteiger partial charge in [-0.3, -0.25) is 0 Å². The molecule has 0 unspecified atom stereocenters. The van der Waals surface area contributed by atoms with Crippen LogP contribution in [0.5, 0.6) is 0 Å². The number of aliphatic hydroxyl groups excluding tert-OH is 1. The Labute approximate surface area is 192 Å². The van der Waals surface area contributed by atoms with Crippen LogP contribution in [0, 0.1) is 28.4 Å². The Morgan fingerprint density at radius 1 is 1.27 bits per heavy atom. The monoisotopic (exact) mass is 453 g/mol. The van der Waals surface area contributed by atoms with Crippen molar-refractivity contribution in [3.8, 4) is 6.07 Å². The molecule has 1 fully saturated rings. The van der Waals surface area contributed by atoms with Crippen LogP contribution < -0.4 is 10.6 Å². The molecule has 2 aromatic rings. The highest BCUT2D eigenvalue weighted by molar-refractivity contribution is 5.76. The Kier molecular flexibility index (Phi) is 6.35. The van der Waals surface area contributed by atoms with Crippen LogP contribution in [0.25, 0.3) is 5.57 Å². The number of allylic oxidation sites excluding steroid dienone is 1. The first-order valence-electron chi connectivity index (χ1n) is 11.3. The number of anilines is 2. The lowest BCUT2D eigenvalue weighted by atomic mass is 9.73. The molecular weight excluding hydrogens is 424 g/mol. The first-order chi connectivity index (χ1) is 15.7. The standard InChI is InChI=1S/C25H29F2N5O/c1-14-8-20-19(9-16(26)10-21(20)27)18(14)6-7-29-24-30-13-15(12-28)23(32-24)31-17-4-5-22(33)25(2,3)11-17/h9-10,13,17,22,33H,4-8,11H2,1-3H3,(H2,29,30,31,32)/t17-,22+/m1/s1. The fourth-order valence-corrected chi connectivity index (χ4v) is 4.90. The topological polar surface area (TPSA) is 93.9 Å². The molecule has 0 aliphatic heterocycles. The molecule has 4 rings (SSSR count). The molecule has 0 radical (unpaired) electrons. The van der Waals surface area contributed by atoms with Gasteiger partial charge in [-0.05, 0) is 67.2 Å². The van der Waals surface area contributed by atoms with Crippen LogP contribution in [0.3, 0.4) is 0 Å². The van der Waals surface area contributed by atoms with Crippen molar-refractivity contribution in [2.75, 3.05) is 17.2 Å². The summed E-state index contributed by atoms with van der Waals surface area (Å²) >= 11 is 0. The average molecular weight is 454 g/mol. The largest absolute Gasteiger partial charge is 0.393 e. The lowest BCUT2D eigenvalue weighted by molar-refractivity contribution is 0.00926. The highest BCUT2D eigenvalue weighted by atomic mass is 19.1. The van der Waals surface area contributed by atoms with Crippen LogP contribution in [0.4, 0.5) is 20.5 Å². The number of halogens is 2. The molecule has 174 valence electrons. The van der Waals surface area contributed by atoms with E-state index in [4.69, 9.17) is 0 Å². The van der Waals surface area contributed by atoms with Crippen LogP contribution in [0.1, 0.15) is 63.1 Å². The second kappa shape index (κ2) is 9.06. The van der Waals surface area contributed by atoms with E-state index < -0.39 is 11.6 Å². The molecule has 1 aromatic heterocycles. The molecule has 3 N–H and O–H groups in total. The Bertz CT molecular complexity index is 1140. The van der Waals surface area contributed by atoms with E-state index in [1.54, 1.807) is 0 Å². The molecule has 6 nitrogen and oxygen atoms in total. The molecule has 0 spiro atoms. The molecule has 0 saturated heterocycles. The van der Waals surface area contributed by atoms with E-state index in [1.807, 2.05) is 20.8 Å². The summed E-state index contributed by atoms with van der Waals surface area (Å²) in [6.07, 6.45) is 4.47. The van der Waals surface area contributed by atoms with Gasteiger partial charge in [0.2, 0.25) is 5.95 Å². The van der Waals surface area contributed by atoms with Gasteiger partial charge in [0.1, 0.15) is 29.1 Å². The highest BCUT2D eigenvalue weighted by Crippen LogP contribution is 2.38. The second-order valence-electron chi connectivity index (χ2n) is 9.72. The summed E-state index contributed by atoms with van der Waals surface area (Å²) < 4.78 is 27.9. The van der Waals surface area contributed by atoms with Crippen molar-refractivity contribution in [3.05, 3.63) is 52.2 Å². The zero-order chi connectivity index (χ0) is 23.8. The van der Waals surface area contributed by atoms with Gasteiger partial charge >= 0.3 is 0 Å². The number of benzene rings is 1. The van der Waals surface area contributed by atoms with Crippen molar-refractivity contribution >= 4 is 17.3 Å². The van der Waals surface area contributed by atoms with Crippen LogP contribution >= 0.6 is 0 Å². The number of nitrogens with one attached hydrogen (secondary N) is 2. The van der Waals surface area contributed by atoms with Gasteiger partial charge in [0.15, 0.2) is 0 Å². The van der Waals surface area contributed by atoms with E-state index in [9.17, 15) is 19.1 Å². The molecule has 33 heavy (non-hydrogen) atoms. The van der Waals surface area contributed by atoms with Crippen molar-refractivity contribution in [1.82, 2.24) is 9.97 Å². The molecule has 0 bridgehead atoms. The average Bonchev–Trinajstić information content (AvgIpc) is 3.06. The minimum Gasteiger partial charge on any atom is -0.393 e. The SMILES string of the molecule is CC1=C(CCNc2ncc(C#N)c(N[C@@H]3CC[C@H](O)C(C)(C)C3)n2)c2cc(F)cc(F)c2C1. The minimum absolute atomic E-state index is 0.103. The second-order valence-corrected chi connectivity index (χ2v) is 9.72. The summed E-state index contributed by atoms with van der Waals surface area (Å²) in [5, 5.41) is 26.2. The molecule has 8 heteroatoms. The number of hydrogen-bond acceptors (Lipinski definition) is 6. The number of rotatable bonds is 6. The summed E-state index contributed by atoms with van der Waals surface area (Å²) in [5.41, 5.74) is 3.30. The van der Waals surface area contributed by atoms with Gasteiger partial charge in [0.25, 0.3) is 0 Å². The van der Waals surface area contributed by atoms with Crippen LogP contribution in [-0.4, -0.2) is 33.8 Å². The summed E-state index contributed by atoms with van der Waals surface area (Å²) in [6.45, 7) is 6.51. The number of hydrogen-bond donors (Lipinski definition) is 3. The maximum Gasteiger partial charge on any atom is 0.224 e. The summed E-state index contributed by atoms with van der Waals surface area (Å²) in [5.74, 6) is -0.223. The summed E-state index contributed by atoms with van der Waals surface area (Å²) in [6, 6.07) is 4.56. The minimum atomic E-state index is -0.573. The number of aliphatic hydroxyl groups is 1. The molecule has 2 atom stereocenters. The van der Waals surface area contributed by atoms with Crippen LogP contribution in [0.2, 0.25) is 0 Å². The smallest absolute Gasteiger partial charge is 0.224 e. The third-order valence-corrected chi connectivity index (χ3v) is 6.81. The Balaban J connectivity index is 1.43. The first kappa shape index (κ1) is 23.1. The lowest BCUT2D eigenvalue weighted by Gasteiger charge is -2.40. The van der Waals surface area contributed by atoms with E-state index in [0.29, 0.717) is 54.3 Å². The number of nitrogens with zero attached hydrogens (tertiary/aromatic N) is 3. The van der Waals surface area contributed by atoms with Gasteiger partial charge in [-0.1, -0.05) is 19.4 Å². The molecule has 1 heterocycles. The van der Waals surface area contributed by atoms with Gasteiger partial charge in [-0.15, -0.1) is 0 Å². The number of fused-ring (bicyclic) bond motifs is 1. The normalized spacial score (nSPS) is 21.5. The zero-order valence-corrected chi connectivity index (χ0v) is 19.2. The van der Waals surface area contributed by atoms with Crippen molar-refractivity contribution < 1.29 is 13.9 Å². The van der Waals surface area contributed by atoms with Crippen molar-refractivity contribution in [1.29, 1.82) is 5.26 Å². The van der Waals surface area contributed by atoms with E-state index in [-0.39, 0.29) is 17.6 Å². The summed E-state index contributed by atoms with van der Waals surface area (Å²) in [7, 11) is 0. The third kappa shape index (κ3) is 4.83. The van der Waals surface area contributed by atoms with Crippen LogP contribution in [-0.2, 0) is 6.42 Å². The molecular formula is C25H29F2N5O. The van der Waals surface area contributed by atoms with Gasteiger partial charge < -0.3 is 15.7 Å². The van der Waals surface area contributed by atoms with Crippen LogP contribution in [0.15, 0.2) is 23.9 Å². The van der Waals surface area contributed by atoms with Gasteiger partial charge in [-0.2, -0.15) is 10.2 Å². The van der Waals surface area contributed by atoms with Crippen molar-refractivity contribution in [3.63, 3.8) is 0 Å². The predicted molar refractivity (Wildman–Crippen MR) is 124 cm³/mol. The fourth-order valence-electron chi connectivity index (χ4n) is 4.90. The predicted octanol–water partition coefficient (Wildman–Crippen LogP) is 4.81. The fraction of sp³-hybridized carbons (Fsp3) is 0.480. The van der Waals surface area contributed by atoms with E-state index in [1.165, 1.54) is 12.3 Å². The van der Waals surface area contributed by atoms with E-state index in [2.05, 4.69) is 26.7 Å². The molecule has 2 aliphatic rings. The van der Waals surface area contributed by atoms with Crippen molar-refractivity contribution in [2.24, 2.45) is 5.41 Å². The molecule has 0 amide bonds. The third-order valence-electron chi connectivity index (χ3n) is 6.81. The number of nitriles is 1. The Morgan fingerprint density at radius 3 is 2.79 bits per heavy atom. The quantitative estimate of drug-likeness (QED) is 0.581. The Hall–Kier alpha value is -3.05. The zero-order valence-electron chi connectivity index (χ0n) is 19.2. The van der Waals surface area contributed by atoms with Crippen molar-refractivity contribution in [2.45, 2.75) is 65.0 Å². The van der Waals surface area contributed by atoms with Gasteiger partial charge in [0, 0.05) is 18.7 Å². The highest BCUT2D eigenvalue weighted by Gasteiger charge is 2.36. The number of aromatic nitrogens is 2. The first-order valence-corrected chi connectivity index (χ1v) is 11.3. The van der Waals surface area contributed by atoms with E-state index >= 15 is 0 Å². The van der Waals surface area contributed by atoms with Gasteiger partial charge in [0.05, 0.1) is 12.3 Å². The maximum atomic E-state index is 14.1. The molecule has 1 aromatic carbocycles. The molecule has 1 saturated carbocycles. The Morgan fingerprint density at radius 2 is 2.06 bits per heavy atom. The molecule has 2 aliphatic carbocycles. The summed E-state index contributed by atoms with van der Waals surface area (Å²) in [4.78, 5) is 8.74. The maximum absolute atomic E-state index is 14.1.